The number of fused-ring (bicyclic) bond motifs is 3. The zero-order valence-corrected chi connectivity index (χ0v) is 26.4. The molecule has 0 saturated heterocycles. The van der Waals surface area contributed by atoms with E-state index in [2.05, 4.69) is 0 Å². The van der Waals surface area contributed by atoms with Gasteiger partial charge in [0, 0.05) is 38.9 Å². The molecular formula is C32H45ClF2N3O5+. The van der Waals surface area contributed by atoms with Crippen LogP contribution in [0.5, 0.6) is 5.75 Å². The Labute approximate surface area is 257 Å². The summed E-state index contributed by atoms with van der Waals surface area (Å²) in [5.41, 5.74) is -2.41. The number of methoxy groups -OCH3 is 1. The molecule has 4 rings (SSSR count). The average molecular weight is 625 g/mol. The maximum atomic E-state index is 15.4. The van der Waals surface area contributed by atoms with Gasteiger partial charge in [0.15, 0.2) is 11.5 Å². The Morgan fingerprint density at radius 3 is 2.19 bits per heavy atom. The molecule has 1 aromatic rings. The number of aliphatic carboxylic acids is 1. The lowest BCUT2D eigenvalue weighted by atomic mass is 9.57. The van der Waals surface area contributed by atoms with Crippen molar-refractivity contribution in [2.75, 3.05) is 20.2 Å². The van der Waals surface area contributed by atoms with Crippen LogP contribution in [-0.2, 0) is 9.59 Å². The number of halogens is 3. The maximum Gasteiger partial charge on any atom is 0.318 e. The molecule has 43 heavy (non-hydrogen) atoms. The van der Waals surface area contributed by atoms with E-state index in [0.717, 1.165) is 25.7 Å². The number of quaternary nitrogens is 1. The predicted octanol–water partition coefficient (Wildman–Crippen LogP) is 5.88. The number of carbonyl (C=O) groups excluding carboxylic acids is 2. The van der Waals surface area contributed by atoms with Crippen LogP contribution in [0.3, 0.4) is 0 Å². The Kier molecular flexibility index (Phi) is 11.5. The number of nitrogens with zero attached hydrogens (tertiary/aromatic N) is 1. The van der Waals surface area contributed by atoms with Crippen LogP contribution in [0, 0.1) is 16.7 Å². The second-order valence-electron chi connectivity index (χ2n) is 12.3. The summed E-state index contributed by atoms with van der Waals surface area (Å²) in [7, 11) is 1.40. The lowest BCUT2D eigenvalue weighted by molar-refractivity contribution is -0.704. The number of ketones is 1. The number of alkyl halides is 2. The number of hydrogen-bond acceptors (Lipinski definition) is 5. The number of carboxylic acid groups (broad SMARTS) is 1. The molecule has 3 saturated carbocycles. The highest BCUT2D eigenvalue weighted by Gasteiger charge is 2.56. The van der Waals surface area contributed by atoms with E-state index in [-0.39, 0.29) is 28.8 Å². The largest absolute Gasteiger partial charge is 0.496 e. The van der Waals surface area contributed by atoms with Gasteiger partial charge in [-0.15, -0.1) is 0 Å². The molecule has 8 nitrogen and oxygen atoms in total. The van der Waals surface area contributed by atoms with Crippen LogP contribution >= 0.6 is 11.6 Å². The molecule has 1 aromatic carbocycles. The number of rotatable bonds is 16. The number of nitrogens with one attached hydrogen (secondary N) is 1. The van der Waals surface area contributed by atoms with Gasteiger partial charge in [-0.3, -0.25) is 14.4 Å². The number of benzene rings is 1. The second kappa shape index (κ2) is 14.3. The van der Waals surface area contributed by atoms with Gasteiger partial charge >= 0.3 is 11.9 Å². The molecule has 0 radical (unpaired) electrons. The highest BCUT2D eigenvalue weighted by molar-refractivity contribution is 6.34. The average Bonchev–Trinajstić information content (AvgIpc) is 2.96. The van der Waals surface area contributed by atoms with Gasteiger partial charge in [-0.2, -0.15) is 8.78 Å². The zero-order valence-electron chi connectivity index (χ0n) is 25.6. The highest BCUT2D eigenvalue weighted by atomic mass is 35.5. The van der Waals surface area contributed by atoms with Crippen molar-refractivity contribution in [2.24, 2.45) is 11.3 Å². The van der Waals surface area contributed by atoms with E-state index in [1.165, 1.54) is 17.3 Å². The van der Waals surface area contributed by atoms with Crippen molar-refractivity contribution >= 4 is 35.5 Å². The fourth-order valence-corrected chi connectivity index (χ4v) is 7.07. The summed E-state index contributed by atoms with van der Waals surface area (Å²) in [5.74, 6) is -5.35. The van der Waals surface area contributed by atoms with Crippen molar-refractivity contribution in [3.63, 3.8) is 0 Å². The molecule has 3 aliphatic rings. The molecule has 3 fully saturated rings. The molecule has 0 unspecified atom stereocenters. The third-order valence-electron chi connectivity index (χ3n) is 9.31. The van der Waals surface area contributed by atoms with E-state index in [0.29, 0.717) is 51.7 Å². The smallest absolute Gasteiger partial charge is 0.318 e. The first-order valence-corrected chi connectivity index (χ1v) is 15.5. The zero-order chi connectivity index (χ0) is 32.0. The van der Waals surface area contributed by atoms with Gasteiger partial charge in [-0.1, -0.05) is 44.4 Å². The molecule has 0 atom stereocenters. The van der Waals surface area contributed by atoms with Crippen LogP contribution in [0.2, 0.25) is 5.02 Å². The first kappa shape index (κ1) is 34.6. The first-order chi connectivity index (χ1) is 20.3. The summed E-state index contributed by atoms with van der Waals surface area (Å²) in [6, 6.07) is 4.76. The summed E-state index contributed by atoms with van der Waals surface area (Å²) < 4.78 is 36.0. The summed E-state index contributed by atoms with van der Waals surface area (Å²) in [6.07, 6.45) is 6.31. The van der Waals surface area contributed by atoms with E-state index in [1.54, 1.807) is 18.2 Å². The molecule has 0 spiro atoms. The molecule has 0 heterocycles. The van der Waals surface area contributed by atoms with E-state index in [9.17, 15) is 19.5 Å². The van der Waals surface area contributed by atoms with Crippen molar-refractivity contribution in [3.05, 3.63) is 40.1 Å². The van der Waals surface area contributed by atoms with Gasteiger partial charge in [-0.25, -0.2) is 0 Å². The van der Waals surface area contributed by atoms with Crippen LogP contribution < -0.4 is 10.1 Å². The Balaban J connectivity index is 2.03. The highest BCUT2D eigenvalue weighted by Crippen LogP contribution is 2.51. The van der Waals surface area contributed by atoms with Crippen molar-refractivity contribution in [2.45, 2.75) is 96.4 Å². The van der Waals surface area contributed by atoms with E-state index in [4.69, 9.17) is 21.7 Å². The van der Waals surface area contributed by atoms with E-state index < -0.39 is 52.4 Å². The molecule has 238 valence electrons. The number of Topliss-reactive ketones (excluding diaryl/α,β-unsaturated/α-hetero) is 1. The molecule has 4 N–H and O–H groups in total. The van der Waals surface area contributed by atoms with Crippen LogP contribution in [0.15, 0.2) is 29.5 Å². The Bertz CT molecular complexity index is 1220. The number of nitrogens with two attached hydrogens (primary N) is 1. The summed E-state index contributed by atoms with van der Waals surface area (Å²) >= 11 is 6.35. The molecule has 1 amide bonds. The van der Waals surface area contributed by atoms with Crippen molar-refractivity contribution in [3.8, 4) is 5.75 Å². The Morgan fingerprint density at radius 2 is 1.72 bits per heavy atom. The van der Waals surface area contributed by atoms with Crippen molar-refractivity contribution < 1.29 is 38.3 Å². The van der Waals surface area contributed by atoms with Gasteiger partial charge in [0.1, 0.15) is 16.9 Å². The Morgan fingerprint density at radius 1 is 1.14 bits per heavy atom. The molecule has 0 aliphatic heterocycles. The topological polar surface area (TPSA) is 124 Å². The van der Waals surface area contributed by atoms with E-state index >= 15 is 8.78 Å². The number of carboxylic acids is 1. The molecule has 11 heteroatoms. The first-order valence-electron chi connectivity index (χ1n) is 15.1. The minimum Gasteiger partial charge on any atom is -0.496 e. The number of amides is 1. The third-order valence-corrected chi connectivity index (χ3v) is 9.63. The minimum atomic E-state index is -3.45. The van der Waals surface area contributed by atoms with Gasteiger partial charge < -0.3 is 25.5 Å². The molecule has 2 bridgehead atoms. The van der Waals surface area contributed by atoms with Gasteiger partial charge in [0.05, 0.1) is 29.7 Å². The van der Waals surface area contributed by atoms with E-state index in [1.807, 2.05) is 13.8 Å². The van der Waals surface area contributed by atoms with Crippen molar-refractivity contribution in [1.82, 2.24) is 4.90 Å². The standard InChI is InChI=1S/C32H44ClF2N3O5/c1-5-8-21(9-6-2)19-38(20-24(39)26-23(33)10-7-11-25(26)43-4)28(40)22(18-36)27(30(3,34)35)37-32-15-12-31(13-16-32,14-17-32)29(41)42/h7,10-11,18,21,36-37H,5-6,8-9,12-17,19-20H2,1-4H3,(H,41,42)/p+1/b27-22+,36-18?. The normalized spacial score (nSPS) is 22.2. The number of ether oxygens (including phenoxy) is 1. The van der Waals surface area contributed by atoms with Crippen LogP contribution in [-0.4, -0.2) is 65.5 Å². The number of hydrogen-bond donors (Lipinski definition) is 3. The van der Waals surface area contributed by atoms with Gasteiger partial charge in [0.25, 0.3) is 5.91 Å². The summed E-state index contributed by atoms with van der Waals surface area (Å²) in [6.45, 7) is 4.49. The number of carbonyl (C=O) groups is 3. The summed E-state index contributed by atoms with van der Waals surface area (Å²) in [4.78, 5) is 41.0. The monoisotopic (exact) mass is 624 g/mol. The maximum absolute atomic E-state index is 15.4. The predicted molar refractivity (Wildman–Crippen MR) is 161 cm³/mol. The second-order valence-corrected chi connectivity index (χ2v) is 12.7. The van der Waals surface area contributed by atoms with Gasteiger partial charge in [0.2, 0.25) is 0 Å². The molecule has 3 aliphatic carbocycles. The molecule has 0 aromatic heterocycles. The fourth-order valence-electron chi connectivity index (χ4n) is 6.80. The lowest BCUT2D eigenvalue weighted by Gasteiger charge is -2.49. The number of allylic oxidation sites excluding steroid dienone is 1. The van der Waals surface area contributed by atoms with Crippen LogP contribution in [0.1, 0.15) is 95.3 Å². The SMILES string of the molecule is CCCC(CCC)CN(CC(=O)c1c(Cl)cccc1OC)C(=O)/C(C=N)=C(/[NH2+]C12CCC(C(=O)O)(CC1)CC2)C(C)(F)F. The third kappa shape index (κ3) is 7.81. The fraction of sp³-hybridized carbons (Fsp3) is 0.625. The van der Waals surface area contributed by atoms with Gasteiger partial charge in [-0.05, 0) is 50.2 Å². The lowest BCUT2D eigenvalue weighted by Crippen LogP contribution is -2.98. The van der Waals surface area contributed by atoms with Crippen LogP contribution in [0.25, 0.3) is 0 Å². The van der Waals surface area contributed by atoms with Crippen molar-refractivity contribution in [1.29, 1.82) is 5.41 Å². The minimum absolute atomic E-state index is 0.0286. The Hall–Kier alpha value is -2.85. The van der Waals surface area contributed by atoms with Crippen LogP contribution in [0.4, 0.5) is 8.78 Å². The molecular weight excluding hydrogens is 580 g/mol. The summed E-state index contributed by atoms with van der Waals surface area (Å²) in [5, 5.41) is 19.5. The quantitative estimate of drug-likeness (QED) is 0.120.